The van der Waals surface area contributed by atoms with Gasteiger partial charge in [0.05, 0.1) is 5.02 Å². The van der Waals surface area contributed by atoms with Gasteiger partial charge in [0.25, 0.3) is 0 Å². The molecule has 0 bridgehead atoms. The molecule has 1 N–H and O–H groups in total. The predicted molar refractivity (Wildman–Crippen MR) is 107 cm³/mol. The molecule has 1 rings (SSSR count). The summed E-state index contributed by atoms with van der Waals surface area (Å²) in [5, 5.41) is 3.12. The molecule has 7 heteroatoms. The van der Waals surface area contributed by atoms with Gasteiger partial charge >= 0.3 is 6.61 Å². The molecule has 142 valence electrons. The number of alkyl halides is 3. The summed E-state index contributed by atoms with van der Waals surface area (Å²) < 4.78 is 28.8. The highest BCUT2D eigenvalue weighted by atomic mass is 35.5. The van der Waals surface area contributed by atoms with Gasteiger partial charge in [-0.05, 0) is 56.2 Å². The number of hydrogen-bond acceptors (Lipinski definition) is 2. The van der Waals surface area contributed by atoms with Crippen molar-refractivity contribution in [2.75, 3.05) is 12.4 Å². The van der Waals surface area contributed by atoms with E-state index in [9.17, 15) is 8.78 Å². The average Bonchev–Trinajstić information content (AvgIpc) is 2.57. The first kappa shape index (κ1) is 22.2. The largest absolute Gasteiger partial charge is 0.433 e. The van der Waals surface area contributed by atoms with Crippen LogP contribution in [0.15, 0.2) is 58.6 Å². The third kappa shape index (κ3) is 8.02. The van der Waals surface area contributed by atoms with Gasteiger partial charge in [-0.15, -0.1) is 11.6 Å². The van der Waals surface area contributed by atoms with Gasteiger partial charge < -0.3 is 10.1 Å². The number of nitrogens with zero attached hydrogens (tertiary/aromatic N) is 1. The number of allylic oxidation sites excluding steroid dienone is 5. The van der Waals surface area contributed by atoms with Crippen LogP contribution in [-0.4, -0.2) is 24.9 Å². The highest BCUT2D eigenvalue weighted by molar-refractivity contribution is 6.32. The standard InChI is InChI=1S/C19H22Cl2F2N2O/c1-12(5-7-14(3)20)13(2)6-10-18(24-4)25-15-8-9-17(16(21)11-15)26-19(22)23/h5-11,14,19H,1-4H3,(H,24,25). The van der Waals surface area contributed by atoms with Gasteiger partial charge in [-0.3, -0.25) is 4.99 Å². The highest BCUT2D eigenvalue weighted by Gasteiger charge is 2.09. The maximum atomic E-state index is 12.3. The summed E-state index contributed by atoms with van der Waals surface area (Å²) in [6, 6.07) is 4.46. The minimum atomic E-state index is -2.92. The Hall–Kier alpha value is -1.85. The lowest BCUT2D eigenvalue weighted by molar-refractivity contribution is -0.0497. The first-order valence-electron chi connectivity index (χ1n) is 7.89. The maximum Gasteiger partial charge on any atom is 0.387 e. The molecule has 0 aromatic heterocycles. The number of aliphatic imine (C=N–C) groups is 1. The summed E-state index contributed by atoms with van der Waals surface area (Å²) in [7, 11) is 1.64. The highest BCUT2D eigenvalue weighted by Crippen LogP contribution is 2.29. The van der Waals surface area contributed by atoms with Crippen LogP contribution in [0.25, 0.3) is 0 Å². The smallest absolute Gasteiger partial charge is 0.387 e. The Morgan fingerprint density at radius 1 is 1.19 bits per heavy atom. The molecule has 0 saturated carbocycles. The lowest BCUT2D eigenvalue weighted by atomic mass is 10.1. The van der Waals surface area contributed by atoms with Crippen molar-refractivity contribution in [3.8, 4) is 5.75 Å². The van der Waals surface area contributed by atoms with Crippen molar-refractivity contribution < 1.29 is 13.5 Å². The molecule has 1 unspecified atom stereocenters. The third-order valence-electron chi connectivity index (χ3n) is 3.39. The van der Waals surface area contributed by atoms with E-state index in [4.69, 9.17) is 23.2 Å². The molecule has 0 heterocycles. The van der Waals surface area contributed by atoms with Crippen LogP contribution in [0.1, 0.15) is 20.8 Å². The summed E-state index contributed by atoms with van der Waals surface area (Å²) in [5.41, 5.74) is 2.75. The van der Waals surface area contributed by atoms with Gasteiger partial charge in [-0.2, -0.15) is 8.78 Å². The van der Waals surface area contributed by atoms with Crippen LogP contribution in [0.4, 0.5) is 14.5 Å². The molecule has 0 fully saturated rings. The van der Waals surface area contributed by atoms with Crippen molar-refractivity contribution >= 4 is 34.7 Å². The molecule has 0 aliphatic carbocycles. The van der Waals surface area contributed by atoms with Crippen molar-refractivity contribution in [1.82, 2.24) is 0 Å². The van der Waals surface area contributed by atoms with E-state index in [1.165, 1.54) is 12.1 Å². The molecule has 1 aromatic carbocycles. The first-order valence-corrected chi connectivity index (χ1v) is 8.70. The number of halogens is 4. The zero-order valence-electron chi connectivity index (χ0n) is 15.1. The lowest BCUT2D eigenvalue weighted by Crippen LogP contribution is -2.09. The molecule has 0 saturated heterocycles. The van der Waals surface area contributed by atoms with Crippen LogP contribution in [0.3, 0.4) is 0 Å². The Morgan fingerprint density at radius 3 is 2.38 bits per heavy atom. The normalized spacial score (nSPS) is 14.9. The van der Waals surface area contributed by atoms with Crippen molar-refractivity contribution in [2.45, 2.75) is 32.8 Å². The first-order chi connectivity index (χ1) is 12.2. The topological polar surface area (TPSA) is 33.6 Å². The Morgan fingerprint density at radius 2 is 1.85 bits per heavy atom. The summed E-state index contributed by atoms with van der Waals surface area (Å²) in [5.74, 6) is 0.512. The molecule has 0 spiro atoms. The predicted octanol–water partition coefficient (Wildman–Crippen LogP) is 6.46. The molecular formula is C19H22Cl2F2N2O. The summed E-state index contributed by atoms with van der Waals surface area (Å²) in [6.45, 7) is 2.95. The Labute approximate surface area is 163 Å². The molecule has 0 radical (unpaired) electrons. The Balaban J connectivity index is 2.85. The maximum absolute atomic E-state index is 12.3. The van der Waals surface area contributed by atoms with Crippen LogP contribution in [0.5, 0.6) is 5.75 Å². The van der Waals surface area contributed by atoms with E-state index >= 15 is 0 Å². The van der Waals surface area contributed by atoms with Gasteiger partial charge in [0.1, 0.15) is 11.6 Å². The summed E-state index contributed by atoms with van der Waals surface area (Å²) >= 11 is 11.8. The van der Waals surface area contributed by atoms with Crippen molar-refractivity contribution in [1.29, 1.82) is 0 Å². The van der Waals surface area contributed by atoms with E-state index in [-0.39, 0.29) is 16.1 Å². The fraction of sp³-hybridized carbons (Fsp3) is 0.316. The van der Waals surface area contributed by atoms with E-state index in [0.717, 1.165) is 11.1 Å². The van der Waals surface area contributed by atoms with Crippen molar-refractivity contribution in [3.05, 3.63) is 58.7 Å². The number of ether oxygens (including phenoxy) is 1. The van der Waals surface area contributed by atoms with Gasteiger partial charge in [-0.25, -0.2) is 0 Å². The average molecular weight is 403 g/mol. The number of nitrogens with one attached hydrogen (secondary N) is 1. The van der Waals surface area contributed by atoms with Crippen LogP contribution in [-0.2, 0) is 0 Å². The van der Waals surface area contributed by atoms with E-state index in [1.807, 2.05) is 45.1 Å². The molecule has 3 nitrogen and oxygen atoms in total. The summed E-state index contributed by atoms with van der Waals surface area (Å²) in [6.07, 6.45) is 7.61. The Bertz CT molecular complexity index is 726. The molecule has 0 aliphatic rings. The van der Waals surface area contributed by atoms with Gasteiger partial charge in [-0.1, -0.05) is 29.8 Å². The minimum Gasteiger partial charge on any atom is -0.433 e. The van der Waals surface area contributed by atoms with E-state index < -0.39 is 6.61 Å². The molecule has 26 heavy (non-hydrogen) atoms. The monoisotopic (exact) mass is 402 g/mol. The number of hydrogen-bond donors (Lipinski definition) is 1. The van der Waals surface area contributed by atoms with Crippen LogP contribution in [0, 0.1) is 0 Å². The van der Waals surface area contributed by atoms with Crippen LogP contribution >= 0.6 is 23.2 Å². The fourth-order valence-corrected chi connectivity index (χ4v) is 2.13. The number of rotatable bonds is 7. The van der Waals surface area contributed by atoms with Gasteiger partial charge in [0, 0.05) is 18.1 Å². The van der Waals surface area contributed by atoms with Crippen LogP contribution in [0.2, 0.25) is 5.02 Å². The Kier molecular flexibility index (Phi) is 9.38. The molecule has 0 amide bonds. The van der Waals surface area contributed by atoms with Crippen molar-refractivity contribution in [2.24, 2.45) is 4.99 Å². The van der Waals surface area contributed by atoms with Crippen molar-refractivity contribution in [3.63, 3.8) is 0 Å². The second-order valence-electron chi connectivity index (χ2n) is 5.49. The van der Waals surface area contributed by atoms with Crippen LogP contribution < -0.4 is 10.1 Å². The molecule has 0 aliphatic heterocycles. The number of benzene rings is 1. The zero-order chi connectivity index (χ0) is 19.7. The SMILES string of the molecule is CN=C(C=CC(C)=C(C)C=CC(C)Cl)Nc1ccc(OC(F)F)c(Cl)c1. The summed E-state index contributed by atoms with van der Waals surface area (Å²) in [4.78, 5) is 4.15. The fourth-order valence-electron chi connectivity index (χ4n) is 1.83. The second kappa shape index (κ2) is 11.0. The quantitative estimate of drug-likeness (QED) is 0.245. The van der Waals surface area contributed by atoms with E-state index in [2.05, 4.69) is 15.0 Å². The van der Waals surface area contributed by atoms with E-state index in [0.29, 0.717) is 11.5 Å². The number of anilines is 1. The van der Waals surface area contributed by atoms with E-state index in [1.54, 1.807) is 13.1 Å². The van der Waals surface area contributed by atoms with Gasteiger partial charge in [0.15, 0.2) is 0 Å². The third-order valence-corrected chi connectivity index (χ3v) is 3.83. The zero-order valence-corrected chi connectivity index (χ0v) is 16.6. The molecule has 1 aromatic rings. The molecule has 1 atom stereocenters. The second-order valence-corrected chi connectivity index (χ2v) is 6.59. The molecular weight excluding hydrogens is 381 g/mol. The van der Waals surface area contributed by atoms with Gasteiger partial charge in [0.2, 0.25) is 0 Å². The number of amidine groups is 1. The lowest BCUT2D eigenvalue weighted by Gasteiger charge is -2.10. The minimum absolute atomic E-state index is 0.0297.